The number of nitrogens with zero attached hydrogens (tertiary/aromatic N) is 4. The Morgan fingerprint density at radius 1 is 1.20 bits per heavy atom. The summed E-state index contributed by atoms with van der Waals surface area (Å²) >= 11 is 0. The lowest BCUT2D eigenvalue weighted by Gasteiger charge is -2.40. The predicted molar refractivity (Wildman–Crippen MR) is 159 cm³/mol. The zero-order valence-corrected chi connectivity index (χ0v) is 24.3. The Morgan fingerprint density at radius 3 is 2.61 bits per heavy atom. The Balaban J connectivity index is 1.31. The molecule has 1 amide bonds. The van der Waals surface area contributed by atoms with E-state index >= 15 is 0 Å². The molecule has 1 saturated heterocycles. The number of anilines is 1. The molecule has 0 radical (unpaired) electrons. The smallest absolute Gasteiger partial charge is 0.268 e. The number of fused-ring (bicyclic) bond motifs is 1. The van der Waals surface area contributed by atoms with E-state index in [0.29, 0.717) is 11.4 Å². The quantitative estimate of drug-likeness (QED) is 0.300. The minimum absolute atomic E-state index is 0.161. The molecule has 0 bridgehead atoms. The molecule has 0 atom stereocenters. The summed E-state index contributed by atoms with van der Waals surface area (Å²) < 4.78 is 7.73. The standard InChI is InChI=1S/C31H38N6O4/c1-6-21-17-33-37-18-23(41-19-30(3,4)40)15-24(28(21)37)22-8-9-25(32-16-22)36-13-11-31(5,12-14-36)35-29(39)27-20(2)7-10-26(38)34-27/h7-10,15-18,40H,6,11-14,19H2,1-5H3,(H,34,38)(H,35,39). The number of hydrogen-bond donors (Lipinski definition) is 3. The average molecular weight is 559 g/mol. The van der Waals surface area contributed by atoms with Crippen LogP contribution in [0.25, 0.3) is 16.6 Å². The molecule has 10 heteroatoms. The van der Waals surface area contributed by atoms with Gasteiger partial charge >= 0.3 is 0 Å². The maximum absolute atomic E-state index is 12.9. The molecule has 5 heterocycles. The third kappa shape index (κ3) is 6.27. The van der Waals surface area contributed by atoms with Gasteiger partial charge in [-0.1, -0.05) is 13.0 Å². The lowest BCUT2D eigenvalue weighted by atomic mass is 9.89. The lowest BCUT2D eigenvalue weighted by molar-refractivity contribution is 0.0283. The van der Waals surface area contributed by atoms with Gasteiger partial charge in [0.05, 0.1) is 23.5 Å². The van der Waals surface area contributed by atoms with Gasteiger partial charge in [0.1, 0.15) is 23.9 Å². The van der Waals surface area contributed by atoms with E-state index in [-0.39, 0.29) is 23.6 Å². The number of piperidine rings is 1. The van der Waals surface area contributed by atoms with Crippen molar-refractivity contribution in [1.82, 2.24) is 24.9 Å². The minimum Gasteiger partial charge on any atom is -0.489 e. The van der Waals surface area contributed by atoms with Gasteiger partial charge in [-0.25, -0.2) is 9.50 Å². The van der Waals surface area contributed by atoms with Gasteiger partial charge in [-0.3, -0.25) is 9.59 Å². The van der Waals surface area contributed by atoms with E-state index in [9.17, 15) is 14.7 Å². The molecule has 216 valence electrons. The summed E-state index contributed by atoms with van der Waals surface area (Å²) in [5, 5.41) is 17.8. The molecular formula is C31H38N6O4. The van der Waals surface area contributed by atoms with Gasteiger partial charge in [0, 0.05) is 42.0 Å². The first-order valence-corrected chi connectivity index (χ1v) is 14.0. The summed E-state index contributed by atoms with van der Waals surface area (Å²) in [4.78, 5) is 34.3. The molecule has 1 aliphatic heterocycles. The van der Waals surface area contributed by atoms with E-state index in [4.69, 9.17) is 9.72 Å². The Bertz CT molecular complexity index is 1610. The Morgan fingerprint density at radius 2 is 1.95 bits per heavy atom. The molecule has 10 nitrogen and oxygen atoms in total. The number of H-pyrrole nitrogens is 1. The van der Waals surface area contributed by atoms with Crippen molar-refractivity contribution in [3.05, 3.63) is 76.1 Å². The first-order valence-electron chi connectivity index (χ1n) is 14.0. The second kappa shape index (κ2) is 11.0. The van der Waals surface area contributed by atoms with Crippen molar-refractivity contribution in [2.24, 2.45) is 0 Å². The number of aryl methyl sites for hydroxylation is 2. The molecule has 0 spiro atoms. The third-order valence-corrected chi connectivity index (χ3v) is 7.65. The van der Waals surface area contributed by atoms with Crippen LogP contribution in [0, 0.1) is 6.92 Å². The molecule has 1 aliphatic rings. The monoisotopic (exact) mass is 558 g/mol. The molecule has 0 saturated carbocycles. The Labute approximate surface area is 239 Å². The highest BCUT2D eigenvalue weighted by Gasteiger charge is 2.33. The molecule has 4 aromatic heterocycles. The highest BCUT2D eigenvalue weighted by atomic mass is 16.5. The lowest BCUT2D eigenvalue weighted by Crippen LogP contribution is -2.54. The van der Waals surface area contributed by atoms with Crippen molar-refractivity contribution in [1.29, 1.82) is 0 Å². The highest BCUT2D eigenvalue weighted by Crippen LogP contribution is 2.33. The van der Waals surface area contributed by atoms with Crippen molar-refractivity contribution in [3.8, 4) is 16.9 Å². The molecule has 41 heavy (non-hydrogen) atoms. The van der Waals surface area contributed by atoms with E-state index < -0.39 is 5.60 Å². The van der Waals surface area contributed by atoms with Crippen LogP contribution in [0.3, 0.4) is 0 Å². The summed E-state index contributed by atoms with van der Waals surface area (Å²) in [6.45, 7) is 11.0. The normalized spacial score (nSPS) is 15.2. The molecule has 5 rings (SSSR count). The van der Waals surface area contributed by atoms with Crippen LogP contribution in [0.5, 0.6) is 5.75 Å². The fourth-order valence-electron chi connectivity index (χ4n) is 5.18. The fourth-order valence-corrected chi connectivity index (χ4v) is 5.18. The number of aromatic nitrogens is 4. The van der Waals surface area contributed by atoms with E-state index in [2.05, 4.69) is 33.3 Å². The number of pyridine rings is 3. The number of hydrogen-bond acceptors (Lipinski definition) is 7. The maximum Gasteiger partial charge on any atom is 0.268 e. The van der Waals surface area contributed by atoms with Crippen molar-refractivity contribution >= 4 is 17.2 Å². The van der Waals surface area contributed by atoms with Crippen LogP contribution in [-0.2, 0) is 6.42 Å². The first-order chi connectivity index (χ1) is 19.4. The van der Waals surface area contributed by atoms with Crippen molar-refractivity contribution in [2.45, 2.75) is 65.0 Å². The number of aliphatic hydroxyl groups is 1. The number of ether oxygens (including phenoxy) is 1. The van der Waals surface area contributed by atoms with Crippen LogP contribution in [0.4, 0.5) is 5.82 Å². The SMILES string of the molecule is CCc1cnn2cc(OCC(C)(C)O)cc(-c3ccc(N4CCC(C)(NC(=O)c5[nH]c(=O)ccc5C)CC4)nc3)c12. The van der Waals surface area contributed by atoms with E-state index in [1.54, 1.807) is 19.9 Å². The summed E-state index contributed by atoms with van der Waals surface area (Å²) in [5.41, 5.74) is 3.47. The second-order valence-corrected chi connectivity index (χ2v) is 11.8. The highest BCUT2D eigenvalue weighted by molar-refractivity contribution is 5.94. The van der Waals surface area contributed by atoms with Gasteiger partial charge in [0.2, 0.25) is 5.56 Å². The molecule has 0 aliphatic carbocycles. The molecule has 3 N–H and O–H groups in total. The molecule has 0 aromatic carbocycles. The number of amides is 1. The Hall–Kier alpha value is -4.18. The van der Waals surface area contributed by atoms with Gasteiger partial charge in [-0.05, 0) is 76.3 Å². The van der Waals surface area contributed by atoms with Gasteiger partial charge in [0.15, 0.2) is 0 Å². The predicted octanol–water partition coefficient (Wildman–Crippen LogP) is 3.89. The molecule has 1 fully saturated rings. The van der Waals surface area contributed by atoms with Crippen LogP contribution >= 0.6 is 0 Å². The number of carbonyl (C=O) groups is 1. The van der Waals surface area contributed by atoms with Crippen LogP contribution in [0.1, 0.15) is 62.2 Å². The molecule has 4 aromatic rings. The van der Waals surface area contributed by atoms with Gasteiger partial charge in [0.25, 0.3) is 5.91 Å². The number of rotatable bonds is 8. The Kier molecular flexibility index (Phi) is 7.61. The van der Waals surface area contributed by atoms with E-state index in [1.165, 1.54) is 6.07 Å². The molecule has 0 unspecified atom stereocenters. The van der Waals surface area contributed by atoms with Gasteiger partial charge < -0.3 is 25.0 Å². The largest absolute Gasteiger partial charge is 0.489 e. The van der Waals surface area contributed by atoms with Crippen LogP contribution < -0.4 is 20.5 Å². The van der Waals surface area contributed by atoms with Crippen molar-refractivity contribution in [2.75, 3.05) is 24.6 Å². The van der Waals surface area contributed by atoms with E-state index in [0.717, 1.165) is 65.9 Å². The second-order valence-electron chi connectivity index (χ2n) is 11.8. The van der Waals surface area contributed by atoms with Gasteiger partial charge in [-0.2, -0.15) is 5.10 Å². The summed E-state index contributed by atoms with van der Waals surface area (Å²) in [5.74, 6) is 1.24. The van der Waals surface area contributed by atoms with Crippen molar-refractivity contribution < 1.29 is 14.6 Å². The number of aromatic amines is 1. The average Bonchev–Trinajstić information content (AvgIpc) is 3.36. The summed E-state index contributed by atoms with van der Waals surface area (Å²) in [7, 11) is 0. The zero-order chi connectivity index (χ0) is 29.4. The van der Waals surface area contributed by atoms with Crippen LogP contribution in [0.15, 0.2) is 53.7 Å². The molecular weight excluding hydrogens is 520 g/mol. The summed E-state index contributed by atoms with van der Waals surface area (Å²) in [6.07, 6.45) is 7.92. The third-order valence-electron chi connectivity index (χ3n) is 7.65. The summed E-state index contributed by atoms with van der Waals surface area (Å²) in [6, 6.07) is 9.16. The van der Waals surface area contributed by atoms with E-state index in [1.807, 2.05) is 49.1 Å². The fraction of sp³-hybridized carbons (Fsp3) is 0.419. The topological polar surface area (TPSA) is 125 Å². The first kappa shape index (κ1) is 28.4. The van der Waals surface area contributed by atoms with Crippen molar-refractivity contribution in [3.63, 3.8) is 0 Å². The number of nitrogens with one attached hydrogen (secondary N) is 2. The van der Waals surface area contributed by atoms with Crippen LogP contribution in [0.2, 0.25) is 0 Å². The zero-order valence-electron chi connectivity index (χ0n) is 24.3. The van der Waals surface area contributed by atoms with Gasteiger partial charge in [-0.15, -0.1) is 0 Å². The minimum atomic E-state index is -0.955. The maximum atomic E-state index is 12.9. The number of carbonyl (C=O) groups excluding carboxylic acids is 1. The van der Waals surface area contributed by atoms with Crippen LogP contribution in [-0.4, -0.2) is 61.4 Å².